The van der Waals surface area contributed by atoms with Gasteiger partial charge in [-0.3, -0.25) is 9.59 Å². The number of aliphatic hydroxyl groups excluding tert-OH is 1. The van der Waals surface area contributed by atoms with Crippen molar-refractivity contribution in [1.29, 1.82) is 0 Å². The number of hydrogen-bond donors (Lipinski definition) is 1. The smallest absolute Gasteiger partial charge is 0.306 e. The lowest BCUT2D eigenvalue weighted by Crippen LogP contribution is -2.28. The van der Waals surface area contributed by atoms with E-state index in [2.05, 4.69) is 123 Å². The Bertz CT molecular complexity index is 1340. The lowest BCUT2D eigenvalue weighted by Gasteiger charge is -2.15. The molecule has 0 heterocycles. The van der Waals surface area contributed by atoms with Crippen LogP contribution in [0.4, 0.5) is 0 Å². The van der Waals surface area contributed by atoms with Gasteiger partial charge in [0.1, 0.15) is 6.61 Å². The van der Waals surface area contributed by atoms with E-state index in [-0.39, 0.29) is 25.2 Å². The van der Waals surface area contributed by atoms with Gasteiger partial charge in [0.2, 0.25) is 0 Å². The number of ether oxygens (including phenoxy) is 2. The Morgan fingerprint density at radius 3 is 1.00 bits per heavy atom. The van der Waals surface area contributed by atoms with E-state index >= 15 is 0 Å². The molecule has 1 unspecified atom stereocenters. The fourth-order valence-corrected chi connectivity index (χ4v) is 7.80. The van der Waals surface area contributed by atoms with Crippen molar-refractivity contribution in [3.05, 3.63) is 109 Å². The Balaban J connectivity index is 3.59. The van der Waals surface area contributed by atoms with Gasteiger partial charge in [-0.25, -0.2) is 0 Å². The molecule has 0 bridgehead atoms. The number of carbonyl (C=O) groups is 2. The summed E-state index contributed by atoms with van der Waals surface area (Å²) in [5.74, 6) is -0.642. The minimum absolute atomic E-state index is 0.0885. The minimum atomic E-state index is -0.803. The normalized spacial score (nSPS) is 13.0. The van der Waals surface area contributed by atoms with Gasteiger partial charge in [-0.1, -0.05) is 252 Å². The van der Waals surface area contributed by atoms with Crippen LogP contribution in [0.25, 0.3) is 0 Å². The molecule has 0 aromatic rings. The van der Waals surface area contributed by atoms with Crippen molar-refractivity contribution in [2.45, 2.75) is 264 Å². The molecule has 1 atom stereocenters. The van der Waals surface area contributed by atoms with Crippen molar-refractivity contribution in [3.8, 4) is 0 Å². The number of esters is 2. The molecule has 5 nitrogen and oxygen atoms in total. The number of allylic oxidation sites excluding steroid dienone is 18. The fourth-order valence-electron chi connectivity index (χ4n) is 7.80. The first-order valence-corrected chi connectivity index (χ1v) is 28.4. The molecule has 0 spiro atoms. The average molecular weight is 944 g/mol. The standard InChI is InChI=1S/C63H106O5/c1-3-5-7-9-11-13-15-17-19-21-23-25-27-29-31-33-35-37-39-41-43-45-47-49-51-53-55-57-62(65)67-60-61(59-64)68-63(66)58-56-54-52-50-48-46-44-42-40-38-36-34-32-30-28-26-24-22-20-18-16-14-12-10-8-6-4-2/h6,8,12,14,18,20-21,23-24,26,30,32,36,38,42,44,48,50,61,64H,3-5,7,9-11,13,15-17,19,22,25,27-29,31,33-35,37,39-41,43,45-47,49,51-60H2,1-2H3/b8-6-,14-12-,20-18-,23-21-,26-24-,32-30-,38-36-,44-42-,50-48-. The van der Waals surface area contributed by atoms with Crippen molar-refractivity contribution < 1.29 is 24.2 Å². The van der Waals surface area contributed by atoms with Crippen LogP contribution in [0.2, 0.25) is 0 Å². The lowest BCUT2D eigenvalue weighted by molar-refractivity contribution is -0.161. The predicted molar refractivity (Wildman–Crippen MR) is 297 cm³/mol. The number of unbranched alkanes of at least 4 members (excludes halogenated alkanes) is 25. The minimum Gasteiger partial charge on any atom is -0.462 e. The van der Waals surface area contributed by atoms with Crippen LogP contribution in [0.1, 0.15) is 258 Å². The van der Waals surface area contributed by atoms with Crippen LogP contribution in [0.5, 0.6) is 0 Å². The topological polar surface area (TPSA) is 72.8 Å². The molecule has 0 saturated heterocycles. The summed E-state index contributed by atoms with van der Waals surface area (Å²) in [5.41, 5.74) is 0. The molecule has 0 radical (unpaired) electrons. The van der Waals surface area contributed by atoms with E-state index in [1.54, 1.807) is 0 Å². The maximum atomic E-state index is 12.3. The van der Waals surface area contributed by atoms with Gasteiger partial charge in [0, 0.05) is 12.8 Å². The Morgan fingerprint density at radius 1 is 0.353 bits per heavy atom. The van der Waals surface area contributed by atoms with Gasteiger partial charge < -0.3 is 14.6 Å². The Hall–Kier alpha value is -3.44. The monoisotopic (exact) mass is 943 g/mol. The summed E-state index contributed by atoms with van der Waals surface area (Å²) < 4.78 is 10.7. The highest BCUT2D eigenvalue weighted by molar-refractivity contribution is 5.70. The second kappa shape index (κ2) is 57.9. The van der Waals surface area contributed by atoms with E-state index in [9.17, 15) is 14.7 Å². The first-order valence-electron chi connectivity index (χ1n) is 28.4. The lowest BCUT2D eigenvalue weighted by atomic mass is 10.0. The Kier molecular flexibility index (Phi) is 54.9. The summed E-state index contributed by atoms with van der Waals surface area (Å²) >= 11 is 0. The second-order valence-corrected chi connectivity index (χ2v) is 18.6. The van der Waals surface area contributed by atoms with E-state index in [0.29, 0.717) is 12.8 Å². The van der Waals surface area contributed by atoms with Crippen molar-refractivity contribution in [3.63, 3.8) is 0 Å². The molecule has 0 aliphatic rings. The molecule has 0 rings (SSSR count). The highest BCUT2D eigenvalue weighted by Gasteiger charge is 2.16. The highest BCUT2D eigenvalue weighted by atomic mass is 16.6. The van der Waals surface area contributed by atoms with Crippen molar-refractivity contribution in [2.75, 3.05) is 13.2 Å². The molecule has 0 aliphatic carbocycles. The maximum Gasteiger partial charge on any atom is 0.306 e. The summed E-state index contributed by atoms with van der Waals surface area (Å²) in [6.07, 6.45) is 83.5. The molecule has 0 amide bonds. The maximum absolute atomic E-state index is 12.3. The zero-order chi connectivity index (χ0) is 49.2. The van der Waals surface area contributed by atoms with Crippen LogP contribution in [0.15, 0.2) is 109 Å². The molecule has 0 aromatic carbocycles. The van der Waals surface area contributed by atoms with Crippen LogP contribution < -0.4 is 0 Å². The van der Waals surface area contributed by atoms with Crippen LogP contribution in [0, 0.1) is 0 Å². The summed E-state index contributed by atoms with van der Waals surface area (Å²) in [6.45, 7) is 4.00. The molecular formula is C63H106O5. The number of rotatable bonds is 51. The zero-order valence-corrected chi connectivity index (χ0v) is 44.3. The average Bonchev–Trinajstić information content (AvgIpc) is 3.34. The highest BCUT2D eigenvalue weighted by Crippen LogP contribution is 2.15. The molecule has 0 fully saturated rings. The van der Waals surface area contributed by atoms with Gasteiger partial charge in [-0.15, -0.1) is 0 Å². The molecule has 388 valence electrons. The van der Waals surface area contributed by atoms with Gasteiger partial charge in [0.25, 0.3) is 0 Å². The third kappa shape index (κ3) is 55.2. The third-order valence-electron chi connectivity index (χ3n) is 12.1. The summed E-state index contributed by atoms with van der Waals surface area (Å²) in [6, 6.07) is 0. The van der Waals surface area contributed by atoms with Crippen LogP contribution in [0.3, 0.4) is 0 Å². The third-order valence-corrected chi connectivity index (χ3v) is 12.1. The van der Waals surface area contributed by atoms with E-state index < -0.39 is 6.10 Å². The molecular weight excluding hydrogens is 837 g/mol. The quantitative estimate of drug-likeness (QED) is 0.0374. The van der Waals surface area contributed by atoms with Crippen LogP contribution >= 0.6 is 0 Å². The summed E-state index contributed by atoms with van der Waals surface area (Å²) in [4.78, 5) is 24.5. The van der Waals surface area contributed by atoms with Crippen molar-refractivity contribution in [2.24, 2.45) is 0 Å². The number of carbonyl (C=O) groups excluding carboxylic acids is 2. The molecule has 68 heavy (non-hydrogen) atoms. The van der Waals surface area contributed by atoms with Gasteiger partial charge in [0.05, 0.1) is 6.61 Å². The first kappa shape index (κ1) is 64.6. The first-order chi connectivity index (χ1) is 33.6. The van der Waals surface area contributed by atoms with Gasteiger partial charge in [-0.05, 0) is 103 Å². The van der Waals surface area contributed by atoms with E-state index in [1.807, 2.05) is 0 Å². The number of aliphatic hydroxyl groups is 1. The van der Waals surface area contributed by atoms with Gasteiger partial charge in [0.15, 0.2) is 6.10 Å². The van der Waals surface area contributed by atoms with Crippen LogP contribution in [-0.4, -0.2) is 36.4 Å². The molecule has 0 saturated carbocycles. The number of hydrogen-bond acceptors (Lipinski definition) is 5. The van der Waals surface area contributed by atoms with Crippen LogP contribution in [-0.2, 0) is 19.1 Å². The van der Waals surface area contributed by atoms with Crippen molar-refractivity contribution in [1.82, 2.24) is 0 Å². The molecule has 1 N–H and O–H groups in total. The van der Waals surface area contributed by atoms with E-state index in [4.69, 9.17) is 9.47 Å². The summed E-state index contributed by atoms with van der Waals surface area (Å²) in [7, 11) is 0. The van der Waals surface area contributed by atoms with E-state index in [0.717, 1.165) is 89.9 Å². The Morgan fingerprint density at radius 2 is 0.632 bits per heavy atom. The largest absolute Gasteiger partial charge is 0.462 e. The van der Waals surface area contributed by atoms with Gasteiger partial charge in [-0.2, -0.15) is 0 Å². The Labute approximate surface area is 421 Å². The molecule has 0 aliphatic heterocycles. The van der Waals surface area contributed by atoms with Gasteiger partial charge >= 0.3 is 11.9 Å². The summed E-state index contributed by atoms with van der Waals surface area (Å²) in [5, 5.41) is 9.65. The van der Waals surface area contributed by atoms with E-state index in [1.165, 1.54) is 141 Å². The SMILES string of the molecule is CC/C=C\C/C=C\C/C=C\C/C=C\C/C=C\C/C=C\C/C=C\C/C=C\CCCCC(=O)OC(CO)COC(=O)CCCCCCCCCCCCCCCCC/C=C\CCCCCCCCCC. The second-order valence-electron chi connectivity index (χ2n) is 18.6. The zero-order valence-electron chi connectivity index (χ0n) is 44.3. The fraction of sp³-hybridized carbons (Fsp3) is 0.683. The molecule has 5 heteroatoms. The molecule has 0 aromatic heterocycles. The predicted octanol–water partition coefficient (Wildman–Crippen LogP) is 19.3. The van der Waals surface area contributed by atoms with Crippen molar-refractivity contribution >= 4 is 11.9 Å².